The fourth-order valence-corrected chi connectivity index (χ4v) is 3.60. The maximum absolute atomic E-state index is 12.6. The van der Waals surface area contributed by atoms with Gasteiger partial charge in [0.05, 0.1) is 23.6 Å². The predicted octanol–water partition coefficient (Wildman–Crippen LogP) is 3.19. The van der Waals surface area contributed by atoms with Crippen LogP contribution in [0, 0.1) is 5.92 Å². The van der Waals surface area contributed by atoms with E-state index in [1.807, 2.05) is 18.2 Å². The second-order valence-electron chi connectivity index (χ2n) is 8.12. The monoisotopic (exact) mass is 405 g/mol. The number of benzene rings is 1. The molecule has 3 heterocycles. The van der Waals surface area contributed by atoms with Crippen LogP contribution in [-0.4, -0.2) is 56.9 Å². The minimum absolute atomic E-state index is 0.00284. The van der Waals surface area contributed by atoms with Gasteiger partial charge in [-0.3, -0.25) is 15.1 Å². The molecule has 2 N–H and O–H groups in total. The third kappa shape index (κ3) is 4.71. The molecule has 0 spiro atoms. The average Bonchev–Trinajstić information content (AvgIpc) is 2.73. The van der Waals surface area contributed by atoms with Crippen molar-refractivity contribution in [3.8, 4) is 11.3 Å². The molecule has 1 aliphatic heterocycles. The number of piperidine rings is 1. The van der Waals surface area contributed by atoms with Gasteiger partial charge in [-0.25, -0.2) is 15.0 Å². The van der Waals surface area contributed by atoms with E-state index in [0.717, 1.165) is 53.9 Å². The lowest BCUT2D eigenvalue weighted by atomic mass is 9.96. The van der Waals surface area contributed by atoms with E-state index in [4.69, 9.17) is 0 Å². The summed E-state index contributed by atoms with van der Waals surface area (Å²) in [5.74, 6) is 1.08. The fourth-order valence-electron chi connectivity index (χ4n) is 3.60. The van der Waals surface area contributed by atoms with Crippen LogP contribution in [0.4, 0.5) is 11.8 Å². The zero-order valence-corrected chi connectivity index (χ0v) is 17.6. The first kappa shape index (κ1) is 20.2. The van der Waals surface area contributed by atoms with Crippen molar-refractivity contribution in [2.75, 3.05) is 30.8 Å². The number of fused-ring (bicyclic) bond motifs is 1. The van der Waals surface area contributed by atoms with Gasteiger partial charge in [0, 0.05) is 29.1 Å². The van der Waals surface area contributed by atoms with Crippen molar-refractivity contribution in [3.05, 3.63) is 36.8 Å². The van der Waals surface area contributed by atoms with E-state index in [2.05, 4.69) is 56.4 Å². The Balaban J connectivity index is 1.55. The van der Waals surface area contributed by atoms with Gasteiger partial charge >= 0.3 is 0 Å². The van der Waals surface area contributed by atoms with Gasteiger partial charge in [-0.2, -0.15) is 0 Å². The summed E-state index contributed by atoms with van der Waals surface area (Å²) in [6.07, 6.45) is 6.90. The second kappa shape index (κ2) is 8.71. The Bertz CT molecular complexity index is 1040. The van der Waals surface area contributed by atoms with E-state index in [9.17, 15) is 4.79 Å². The maximum atomic E-state index is 12.6. The molecular formula is C22H27N7O. The normalized spacial score (nSPS) is 15.5. The number of amides is 1. The summed E-state index contributed by atoms with van der Waals surface area (Å²) in [5.41, 5.74) is 2.43. The van der Waals surface area contributed by atoms with Gasteiger partial charge in [0.15, 0.2) is 0 Å². The van der Waals surface area contributed by atoms with Crippen LogP contribution in [-0.2, 0) is 4.79 Å². The van der Waals surface area contributed by atoms with Gasteiger partial charge in [0.2, 0.25) is 11.9 Å². The van der Waals surface area contributed by atoms with Crippen LogP contribution in [0.1, 0.15) is 26.7 Å². The number of rotatable bonds is 5. The van der Waals surface area contributed by atoms with Gasteiger partial charge in [0.25, 0.3) is 0 Å². The number of aromatic nitrogens is 4. The maximum Gasteiger partial charge on any atom is 0.229 e. The number of carbonyl (C=O) groups excluding carboxylic acids is 1. The molecule has 1 aromatic carbocycles. The molecule has 0 saturated carbocycles. The molecule has 4 rings (SSSR count). The largest absolute Gasteiger partial charge is 0.367 e. The minimum Gasteiger partial charge on any atom is -0.367 e. The minimum atomic E-state index is -0.00284. The zero-order valence-electron chi connectivity index (χ0n) is 17.6. The van der Waals surface area contributed by atoms with Gasteiger partial charge in [-0.05, 0) is 52.9 Å². The summed E-state index contributed by atoms with van der Waals surface area (Å²) >= 11 is 0. The van der Waals surface area contributed by atoms with Crippen molar-refractivity contribution < 1.29 is 4.79 Å². The summed E-state index contributed by atoms with van der Waals surface area (Å²) < 4.78 is 0. The van der Waals surface area contributed by atoms with Crippen LogP contribution in [0.15, 0.2) is 36.8 Å². The van der Waals surface area contributed by atoms with E-state index in [1.165, 1.54) is 0 Å². The number of nitrogens with zero attached hydrogens (tertiary/aromatic N) is 5. The molecule has 8 heteroatoms. The highest BCUT2D eigenvalue weighted by atomic mass is 16.2. The van der Waals surface area contributed by atoms with Crippen molar-refractivity contribution in [1.29, 1.82) is 0 Å². The van der Waals surface area contributed by atoms with Gasteiger partial charge < -0.3 is 10.2 Å². The number of anilines is 2. The molecule has 1 fully saturated rings. The summed E-state index contributed by atoms with van der Waals surface area (Å²) in [6.45, 7) is 5.99. The zero-order chi connectivity index (χ0) is 21.1. The summed E-state index contributed by atoms with van der Waals surface area (Å²) in [4.78, 5) is 32.6. The van der Waals surface area contributed by atoms with Crippen LogP contribution in [0.2, 0.25) is 0 Å². The van der Waals surface area contributed by atoms with Crippen LogP contribution >= 0.6 is 0 Å². The van der Waals surface area contributed by atoms with E-state index >= 15 is 0 Å². The van der Waals surface area contributed by atoms with Crippen LogP contribution in [0.5, 0.6) is 0 Å². The van der Waals surface area contributed by atoms with Crippen molar-refractivity contribution in [2.24, 2.45) is 5.92 Å². The molecule has 3 aromatic rings. The van der Waals surface area contributed by atoms with E-state index in [-0.39, 0.29) is 17.9 Å². The molecule has 1 saturated heterocycles. The predicted molar refractivity (Wildman–Crippen MR) is 118 cm³/mol. The molecule has 30 heavy (non-hydrogen) atoms. The molecule has 0 unspecified atom stereocenters. The highest BCUT2D eigenvalue weighted by Gasteiger charge is 2.24. The summed E-state index contributed by atoms with van der Waals surface area (Å²) in [5, 5.41) is 7.06. The standard InChI is InChI=1S/C22H27N7O/c1-14(2)25-20-13-23-12-19(26-20)16-4-5-17-11-24-22(27-18(17)10-16)28-21(30)15-6-8-29(3)9-7-15/h4-5,10-15H,6-9H2,1-3H3,(H,25,26)(H,24,27,28,30). The van der Waals surface area contributed by atoms with E-state index in [1.54, 1.807) is 18.6 Å². The third-order valence-corrected chi connectivity index (χ3v) is 5.27. The molecule has 8 nitrogen and oxygen atoms in total. The highest BCUT2D eigenvalue weighted by Crippen LogP contribution is 2.24. The Kier molecular flexibility index (Phi) is 5.85. The molecule has 2 aromatic heterocycles. The molecule has 0 atom stereocenters. The Morgan fingerprint density at radius 2 is 1.93 bits per heavy atom. The van der Waals surface area contributed by atoms with Gasteiger partial charge in [0.1, 0.15) is 5.82 Å². The molecule has 0 radical (unpaired) electrons. The Morgan fingerprint density at radius 1 is 1.13 bits per heavy atom. The molecule has 156 valence electrons. The molecule has 0 aliphatic carbocycles. The molecule has 1 amide bonds. The number of hydrogen-bond acceptors (Lipinski definition) is 7. The third-order valence-electron chi connectivity index (χ3n) is 5.27. The SMILES string of the molecule is CC(C)Nc1cncc(-c2ccc3cnc(NC(=O)C4CCN(C)CC4)nc3c2)n1. The van der Waals surface area contributed by atoms with E-state index < -0.39 is 0 Å². The summed E-state index contributed by atoms with van der Waals surface area (Å²) in [7, 11) is 2.08. The van der Waals surface area contributed by atoms with Crippen molar-refractivity contribution >= 4 is 28.6 Å². The van der Waals surface area contributed by atoms with Crippen LogP contribution in [0.3, 0.4) is 0 Å². The average molecular weight is 406 g/mol. The Hall–Kier alpha value is -3.13. The Labute approximate surface area is 176 Å². The molecular weight excluding hydrogens is 378 g/mol. The first-order chi connectivity index (χ1) is 14.5. The lowest BCUT2D eigenvalue weighted by molar-refractivity contribution is -0.121. The topological polar surface area (TPSA) is 95.9 Å². The number of likely N-dealkylation sites (tertiary alicyclic amines) is 1. The van der Waals surface area contributed by atoms with Crippen molar-refractivity contribution in [2.45, 2.75) is 32.7 Å². The number of hydrogen-bond donors (Lipinski definition) is 2. The number of carbonyl (C=O) groups is 1. The van der Waals surface area contributed by atoms with Crippen LogP contribution in [0.25, 0.3) is 22.2 Å². The van der Waals surface area contributed by atoms with Gasteiger partial charge in [-0.1, -0.05) is 12.1 Å². The first-order valence-electron chi connectivity index (χ1n) is 10.3. The van der Waals surface area contributed by atoms with Crippen molar-refractivity contribution in [1.82, 2.24) is 24.8 Å². The first-order valence-corrected chi connectivity index (χ1v) is 10.3. The van der Waals surface area contributed by atoms with E-state index in [0.29, 0.717) is 5.95 Å². The fraction of sp³-hybridized carbons (Fsp3) is 0.409. The quantitative estimate of drug-likeness (QED) is 0.673. The summed E-state index contributed by atoms with van der Waals surface area (Å²) in [6, 6.07) is 6.16. The Morgan fingerprint density at radius 3 is 2.70 bits per heavy atom. The number of nitrogens with one attached hydrogen (secondary N) is 2. The smallest absolute Gasteiger partial charge is 0.229 e. The lowest BCUT2D eigenvalue weighted by Gasteiger charge is -2.27. The van der Waals surface area contributed by atoms with Crippen LogP contribution < -0.4 is 10.6 Å². The second-order valence-corrected chi connectivity index (χ2v) is 8.12. The highest BCUT2D eigenvalue weighted by molar-refractivity contribution is 5.92. The molecule has 1 aliphatic rings. The van der Waals surface area contributed by atoms with Gasteiger partial charge in [-0.15, -0.1) is 0 Å². The lowest BCUT2D eigenvalue weighted by Crippen LogP contribution is -2.36. The van der Waals surface area contributed by atoms with Crippen molar-refractivity contribution in [3.63, 3.8) is 0 Å². The molecule has 0 bridgehead atoms.